The second-order valence-electron chi connectivity index (χ2n) is 6.03. The summed E-state index contributed by atoms with van der Waals surface area (Å²) in [4.78, 5) is 29.0. The summed E-state index contributed by atoms with van der Waals surface area (Å²) in [7, 11) is 0. The number of esters is 1. The molecule has 0 saturated carbocycles. The van der Waals surface area contributed by atoms with Gasteiger partial charge in [-0.25, -0.2) is 4.79 Å². The summed E-state index contributed by atoms with van der Waals surface area (Å²) >= 11 is 0. The molecular formula is C20H20N2O3. The van der Waals surface area contributed by atoms with Crippen LogP contribution in [0.25, 0.3) is 6.08 Å². The number of pyridine rings is 1. The van der Waals surface area contributed by atoms with E-state index >= 15 is 0 Å². The van der Waals surface area contributed by atoms with E-state index in [-0.39, 0.29) is 12.5 Å². The predicted octanol–water partition coefficient (Wildman–Crippen LogP) is 2.31. The first-order chi connectivity index (χ1) is 12.1. The topological polar surface area (TPSA) is 68.3 Å². The Bertz CT molecular complexity index is 775. The highest BCUT2D eigenvalue weighted by Gasteiger charge is 2.46. The second-order valence-corrected chi connectivity index (χ2v) is 6.03. The normalized spacial score (nSPS) is 14.9. The van der Waals surface area contributed by atoms with Crippen LogP contribution in [0.4, 0.5) is 0 Å². The summed E-state index contributed by atoms with van der Waals surface area (Å²) in [5, 5.41) is 2.87. The third-order valence-electron chi connectivity index (χ3n) is 4.24. The number of hydrogen-bond donors (Lipinski definition) is 1. The molecule has 0 spiro atoms. The van der Waals surface area contributed by atoms with Crippen LogP contribution in [0.3, 0.4) is 0 Å². The van der Waals surface area contributed by atoms with Gasteiger partial charge in [-0.3, -0.25) is 9.78 Å². The third kappa shape index (κ3) is 3.76. The van der Waals surface area contributed by atoms with E-state index in [0.29, 0.717) is 12.8 Å². The maximum Gasteiger partial charge on any atom is 0.332 e. The molecule has 1 aliphatic carbocycles. The van der Waals surface area contributed by atoms with Crippen molar-refractivity contribution in [2.24, 2.45) is 0 Å². The van der Waals surface area contributed by atoms with Gasteiger partial charge >= 0.3 is 5.97 Å². The van der Waals surface area contributed by atoms with Crippen LogP contribution in [0.2, 0.25) is 0 Å². The van der Waals surface area contributed by atoms with E-state index in [0.717, 1.165) is 16.7 Å². The Morgan fingerprint density at radius 1 is 1.20 bits per heavy atom. The molecule has 0 saturated heterocycles. The van der Waals surface area contributed by atoms with Crippen molar-refractivity contribution < 1.29 is 14.3 Å². The molecule has 5 nitrogen and oxygen atoms in total. The number of carbonyl (C=O) groups is 2. The van der Waals surface area contributed by atoms with E-state index in [1.54, 1.807) is 31.5 Å². The summed E-state index contributed by atoms with van der Waals surface area (Å²) in [5.74, 6) is -0.723. The van der Waals surface area contributed by atoms with Crippen molar-refractivity contribution >= 4 is 18.0 Å². The van der Waals surface area contributed by atoms with Gasteiger partial charge in [0.05, 0.1) is 6.61 Å². The van der Waals surface area contributed by atoms with Crippen LogP contribution in [0, 0.1) is 0 Å². The number of fused-ring (bicyclic) bond motifs is 1. The molecule has 25 heavy (non-hydrogen) atoms. The smallest absolute Gasteiger partial charge is 0.332 e. The fraction of sp³-hybridized carbons (Fsp3) is 0.250. The Balaban J connectivity index is 1.79. The molecule has 1 aromatic heterocycles. The molecule has 1 aliphatic rings. The lowest BCUT2D eigenvalue weighted by atomic mass is 9.95. The molecule has 0 unspecified atom stereocenters. The number of carbonyl (C=O) groups excluding carboxylic acids is 2. The Morgan fingerprint density at radius 2 is 1.92 bits per heavy atom. The molecule has 0 aliphatic heterocycles. The summed E-state index contributed by atoms with van der Waals surface area (Å²) in [6, 6.07) is 11.5. The van der Waals surface area contributed by atoms with Crippen LogP contribution in [-0.4, -0.2) is 29.0 Å². The minimum atomic E-state index is -1.05. The Morgan fingerprint density at radius 3 is 2.52 bits per heavy atom. The number of hydrogen-bond acceptors (Lipinski definition) is 4. The molecule has 0 radical (unpaired) electrons. The van der Waals surface area contributed by atoms with Gasteiger partial charge in [0.2, 0.25) is 5.91 Å². The van der Waals surface area contributed by atoms with Gasteiger partial charge < -0.3 is 10.1 Å². The van der Waals surface area contributed by atoms with Gasteiger partial charge in [-0.2, -0.15) is 0 Å². The van der Waals surface area contributed by atoms with Crippen molar-refractivity contribution in [3.8, 4) is 0 Å². The standard InChI is InChI=1S/C20H20N2O3/c1-2-25-19(24)20(12-16-7-3-4-8-17(16)13-20)22-18(23)10-9-15-6-5-11-21-14-15/h3-11,14H,2,12-13H2,1H3,(H,22,23)/b10-9+. The highest BCUT2D eigenvalue weighted by Crippen LogP contribution is 2.31. The molecule has 1 heterocycles. The first-order valence-electron chi connectivity index (χ1n) is 8.27. The van der Waals surface area contributed by atoms with Gasteiger partial charge in [0.25, 0.3) is 0 Å². The second kappa shape index (κ2) is 7.30. The lowest BCUT2D eigenvalue weighted by Gasteiger charge is -2.27. The maximum atomic E-state index is 12.6. The zero-order valence-corrected chi connectivity index (χ0v) is 14.1. The van der Waals surface area contributed by atoms with Crippen molar-refractivity contribution in [2.75, 3.05) is 6.61 Å². The van der Waals surface area contributed by atoms with Crippen molar-refractivity contribution in [1.29, 1.82) is 0 Å². The largest absolute Gasteiger partial charge is 0.464 e. The molecule has 0 fully saturated rings. The lowest BCUT2D eigenvalue weighted by Crippen LogP contribution is -2.55. The fourth-order valence-electron chi connectivity index (χ4n) is 3.09. The van der Waals surface area contributed by atoms with E-state index < -0.39 is 11.5 Å². The number of aromatic nitrogens is 1. The minimum Gasteiger partial charge on any atom is -0.464 e. The van der Waals surface area contributed by atoms with Crippen LogP contribution >= 0.6 is 0 Å². The van der Waals surface area contributed by atoms with E-state index in [1.807, 2.05) is 30.3 Å². The SMILES string of the molecule is CCOC(=O)C1(NC(=O)/C=C/c2cccnc2)Cc2ccccc2C1. The first kappa shape index (κ1) is 16.9. The predicted molar refractivity (Wildman–Crippen MR) is 94.6 cm³/mol. The number of nitrogens with one attached hydrogen (secondary N) is 1. The molecule has 5 heteroatoms. The Kier molecular flexibility index (Phi) is 4.93. The average molecular weight is 336 g/mol. The molecule has 2 aromatic rings. The molecule has 0 atom stereocenters. The van der Waals surface area contributed by atoms with E-state index in [1.165, 1.54) is 6.08 Å². The molecular weight excluding hydrogens is 316 g/mol. The van der Waals surface area contributed by atoms with Crippen LogP contribution in [-0.2, 0) is 27.2 Å². The number of ether oxygens (including phenoxy) is 1. The summed E-state index contributed by atoms with van der Waals surface area (Å²) in [5.41, 5.74) is 1.90. The zero-order valence-electron chi connectivity index (χ0n) is 14.1. The highest BCUT2D eigenvalue weighted by molar-refractivity contribution is 5.96. The summed E-state index contributed by atoms with van der Waals surface area (Å²) in [6.07, 6.45) is 7.30. The maximum absolute atomic E-state index is 12.6. The summed E-state index contributed by atoms with van der Waals surface area (Å²) in [6.45, 7) is 2.04. The monoisotopic (exact) mass is 336 g/mol. The van der Waals surface area contributed by atoms with E-state index in [9.17, 15) is 9.59 Å². The number of nitrogens with zero attached hydrogens (tertiary/aromatic N) is 1. The number of benzene rings is 1. The quantitative estimate of drug-likeness (QED) is 0.672. The van der Waals surface area contributed by atoms with Crippen molar-refractivity contribution in [3.63, 3.8) is 0 Å². The van der Waals surface area contributed by atoms with Gasteiger partial charge in [0, 0.05) is 31.3 Å². The molecule has 1 amide bonds. The molecule has 1 aromatic carbocycles. The summed E-state index contributed by atoms with van der Waals surface area (Å²) < 4.78 is 5.24. The molecule has 0 bridgehead atoms. The van der Waals surface area contributed by atoms with E-state index in [2.05, 4.69) is 10.3 Å². The van der Waals surface area contributed by atoms with Crippen molar-refractivity contribution in [3.05, 3.63) is 71.6 Å². The van der Waals surface area contributed by atoms with Crippen molar-refractivity contribution in [2.45, 2.75) is 25.3 Å². The lowest BCUT2D eigenvalue weighted by molar-refractivity contribution is -0.152. The van der Waals surface area contributed by atoms with Crippen LogP contribution in [0.5, 0.6) is 0 Å². The zero-order chi connectivity index (χ0) is 17.7. The van der Waals surface area contributed by atoms with E-state index in [4.69, 9.17) is 4.74 Å². The van der Waals surface area contributed by atoms with Gasteiger partial charge in [-0.05, 0) is 35.8 Å². The molecule has 1 N–H and O–H groups in total. The Hall–Kier alpha value is -2.95. The van der Waals surface area contributed by atoms with Crippen LogP contribution in [0.1, 0.15) is 23.6 Å². The van der Waals surface area contributed by atoms with Crippen molar-refractivity contribution in [1.82, 2.24) is 10.3 Å². The average Bonchev–Trinajstić information content (AvgIpc) is 3.00. The fourth-order valence-corrected chi connectivity index (χ4v) is 3.09. The van der Waals surface area contributed by atoms with Gasteiger partial charge in [0.1, 0.15) is 5.54 Å². The Labute approximate surface area is 146 Å². The van der Waals surface area contributed by atoms with Crippen LogP contribution < -0.4 is 5.32 Å². The third-order valence-corrected chi connectivity index (χ3v) is 4.24. The van der Waals surface area contributed by atoms with Gasteiger partial charge in [-0.15, -0.1) is 0 Å². The van der Waals surface area contributed by atoms with Crippen LogP contribution in [0.15, 0.2) is 54.9 Å². The highest BCUT2D eigenvalue weighted by atomic mass is 16.5. The number of amides is 1. The molecule has 128 valence electrons. The van der Waals surface area contributed by atoms with Gasteiger partial charge in [-0.1, -0.05) is 30.3 Å². The number of rotatable bonds is 5. The first-order valence-corrected chi connectivity index (χ1v) is 8.27. The van der Waals surface area contributed by atoms with Gasteiger partial charge in [0.15, 0.2) is 0 Å². The molecule has 3 rings (SSSR count). The minimum absolute atomic E-state index is 0.276.